The lowest BCUT2D eigenvalue weighted by atomic mass is 9.82. The molecule has 1 aromatic rings. The van der Waals surface area contributed by atoms with Crippen molar-refractivity contribution in [2.45, 2.75) is 51.4 Å². The van der Waals surface area contributed by atoms with Crippen molar-refractivity contribution in [2.75, 3.05) is 0 Å². The number of carbonyl (C=O) groups is 2. The van der Waals surface area contributed by atoms with E-state index >= 15 is 0 Å². The second kappa shape index (κ2) is 6.66. The van der Waals surface area contributed by atoms with Crippen LogP contribution < -0.4 is 0 Å². The summed E-state index contributed by atoms with van der Waals surface area (Å²) in [5, 5.41) is 17.2. The standard InChI is InChI=1S/C17H21NO3/c1-2-15(19)16(18)13-8-12(9-14(10-13)17(20)21)11-6-4-3-5-7-11/h8-11,18H,2-7H2,1H3,(H,20,21). The van der Waals surface area contributed by atoms with Crippen molar-refractivity contribution in [3.8, 4) is 0 Å². The number of hydrogen-bond acceptors (Lipinski definition) is 3. The Bertz CT molecular complexity index is 571. The molecule has 0 atom stereocenters. The highest BCUT2D eigenvalue weighted by Crippen LogP contribution is 2.33. The maximum absolute atomic E-state index is 11.7. The minimum absolute atomic E-state index is 0.0855. The second-order valence-electron chi connectivity index (χ2n) is 5.64. The van der Waals surface area contributed by atoms with Crippen molar-refractivity contribution in [3.05, 3.63) is 34.9 Å². The third-order valence-corrected chi connectivity index (χ3v) is 4.17. The predicted molar refractivity (Wildman–Crippen MR) is 81.4 cm³/mol. The van der Waals surface area contributed by atoms with Gasteiger partial charge in [0.1, 0.15) is 5.71 Å². The molecule has 0 spiro atoms. The minimum Gasteiger partial charge on any atom is -0.478 e. The third-order valence-electron chi connectivity index (χ3n) is 4.17. The molecule has 1 aliphatic carbocycles. The summed E-state index contributed by atoms with van der Waals surface area (Å²) in [5.41, 5.74) is 1.47. The van der Waals surface area contributed by atoms with Crippen LogP contribution in [0.5, 0.6) is 0 Å². The summed E-state index contributed by atoms with van der Waals surface area (Å²) in [7, 11) is 0. The van der Waals surface area contributed by atoms with Crippen molar-refractivity contribution in [3.63, 3.8) is 0 Å². The Balaban J connectivity index is 2.40. The van der Waals surface area contributed by atoms with Crippen molar-refractivity contribution < 1.29 is 14.7 Å². The summed E-state index contributed by atoms with van der Waals surface area (Å²) in [6, 6.07) is 4.97. The SMILES string of the molecule is CCC(=O)C(=N)c1cc(C(=O)O)cc(C2CCCCC2)c1. The van der Waals surface area contributed by atoms with E-state index in [0.29, 0.717) is 11.5 Å². The number of ketones is 1. The molecule has 4 heteroatoms. The quantitative estimate of drug-likeness (QED) is 0.809. The highest BCUT2D eigenvalue weighted by Gasteiger charge is 2.20. The lowest BCUT2D eigenvalue weighted by Gasteiger charge is -2.23. The molecule has 2 N–H and O–H groups in total. The average molecular weight is 287 g/mol. The number of hydrogen-bond donors (Lipinski definition) is 2. The zero-order valence-corrected chi connectivity index (χ0v) is 12.3. The molecule has 1 aliphatic rings. The summed E-state index contributed by atoms with van der Waals surface area (Å²) in [5.74, 6) is -0.917. The maximum Gasteiger partial charge on any atom is 0.335 e. The Labute approximate surface area is 124 Å². The van der Waals surface area contributed by atoms with E-state index in [9.17, 15) is 14.7 Å². The van der Waals surface area contributed by atoms with Crippen molar-refractivity contribution in [2.24, 2.45) is 0 Å². The first-order chi connectivity index (χ1) is 10.0. The molecule has 0 radical (unpaired) electrons. The summed E-state index contributed by atoms with van der Waals surface area (Å²) in [6.45, 7) is 1.71. The number of carboxylic acid groups (broad SMARTS) is 1. The molecule has 0 saturated heterocycles. The fourth-order valence-electron chi connectivity index (χ4n) is 2.93. The van der Waals surface area contributed by atoms with Gasteiger partial charge in [-0.05, 0) is 42.5 Å². The van der Waals surface area contributed by atoms with Gasteiger partial charge in [0.05, 0.1) is 5.56 Å². The zero-order chi connectivity index (χ0) is 15.4. The zero-order valence-electron chi connectivity index (χ0n) is 12.3. The van der Waals surface area contributed by atoms with E-state index in [2.05, 4.69) is 0 Å². The van der Waals surface area contributed by atoms with E-state index in [4.69, 9.17) is 5.41 Å². The second-order valence-corrected chi connectivity index (χ2v) is 5.64. The molecule has 0 aliphatic heterocycles. The number of carboxylic acids is 1. The van der Waals surface area contributed by atoms with Gasteiger partial charge in [-0.25, -0.2) is 4.79 Å². The molecule has 0 amide bonds. The largest absolute Gasteiger partial charge is 0.478 e. The molecule has 0 aromatic heterocycles. The van der Waals surface area contributed by atoms with Crippen molar-refractivity contribution >= 4 is 17.5 Å². The van der Waals surface area contributed by atoms with Crippen LogP contribution in [-0.2, 0) is 4.79 Å². The van der Waals surface area contributed by atoms with E-state index in [0.717, 1.165) is 31.2 Å². The first-order valence-corrected chi connectivity index (χ1v) is 7.53. The molecule has 0 heterocycles. The Morgan fingerprint density at radius 3 is 2.33 bits per heavy atom. The lowest BCUT2D eigenvalue weighted by Crippen LogP contribution is -2.15. The van der Waals surface area contributed by atoms with E-state index in [1.54, 1.807) is 13.0 Å². The number of benzene rings is 1. The Kier molecular flexibility index (Phi) is 4.89. The smallest absolute Gasteiger partial charge is 0.335 e. The maximum atomic E-state index is 11.7. The van der Waals surface area contributed by atoms with Gasteiger partial charge in [0.15, 0.2) is 5.78 Å². The van der Waals surface area contributed by atoms with Gasteiger partial charge in [0.25, 0.3) is 0 Å². The van der Waals surface area contributed by atoms with E-state index < -0.39 is 5.97 Å². The van der Waals surface area contributed by atoms with E-state index in [-0.39, 0.29) is 23.5 Å². The van der Waals surface area contributed by atoms with Crippen LogP contribution in [0.4, 0.5) is 0 Å². The average Bonchev–Trinajstić information content (AvgIpc) is 2.53. The van der Waals surface area contributed by atoms with Crippen LogP contribution in [0.15, 0.2) is 18.2 Å². The third kappa shape index (κ3) is 3.57. The van der Waals surface area contributed by atoms with Crippen LogP contribution >= 0.6 is 0 Å². The Morgan fingerprint density at radius 2 is 1.76 bits per heavy atom. The van der Waals surface area contributed by atoms with Gasteiger partial charge in [0.2, 0.25) is 0 Å². The molecule has 0 bridgehead atoms. The first kappa shape index (κ1) is 15.4. The Hall–Kier alpha value is -1.97. The number of Topliss-reactive ketones (excluding diaryl/α,β-unsaturated/α-hetero) is 1. The fraction of sp³-hybridized carbons (Fsp3) is 0.471. The fourth-order valence-corrected chi connectivity index (χ4v) is 2.93. The van der Waals surface area contributed by atoms with Gasteiger partial charge in [-0.2, -0.15) is 0 Å². The predicted octanol–water partition coefficient (Wildman–Crippen LogP) is 3.78. The van der Waals surface area contributed by atoms with Crippen LogP contribution in [-0.4, -0.2) is 22.6 Å². The summed E-state index contributed by atoms with van der Waals surface area (Å²) in [6.07, 6.45) is 5.90. The number of rotatable bonds is 5. The van der Waals surface area contributed by atoms with Crippen molar-refractivity contribution in [1.29, 1.82) is 5.41 Å². The van der Waals surface area contributed by atoms with Crippen LogP contribution in [0.2, 0.25) is 0 Å². The molecule has 4 nitrogen and oxygen atoms in total. The molecule has 1 saturated carbocycles. The molecule has 0 unspecified atom stereocenters. The normalized spacial score (nSPS) is 15.7. The molecule has 21 heavy (non-hydrogen) atoms. The van der Waals surface area contributed by atoms with Crippen LogP contribution in [0.25, 0.3) is 0 Å². The Morgan fingerprint density at radius 1 is 1.14 bits per heavy atom. The monoisotopic (exact) mass is 287 g/mol. The first-order valence-electron chi connectivity index (χ1n) is 7.53. The van der Waals surface area contributed by atoms with Gasteiger partial charge >= 0.3 is 5.97 Å². The van der Waals surface area contributed by atoms with Crippen molar-refractivity contribution in [1.82, 2.24) is 0 Å². The molecular formula is C17H21NO3. The molecule has 2 rings (SSSR count). The highest BCUT2D eigenvalue weighted by atomic mass is 16.4. The van der Waals surface area contributed by atoms with E-state index in [1.165, 1.54) is 12.5 Å². The van der Waals surface area contributed by atoms with Gasteiger partial charge in [-0.1, -0.05) is 26.2 Å². The van der Waals surface area contributed by atoms with Gasteiger partial charge in [-0.3, -0.25) is 10.2 Å². The summed E-state index contributed by atoms with van der Waals surface area (Å²) < 4.78 is 0. The van der Waals surface area contributed by atoms with Gasteiger partial charge < -0.3 is 5.11 Å². The number of carbonyl (C=O) groups excluding carboxylic acids is 1. The number of aromatic carboxylic acids is 1. The molecule has 1 fully saturated rings. The molecular weight excluding hydrogens is 266 g/mol. The van der Waals surface area contributed by atoms with Crippen LogP contribution in [0, 0.1) is 5.41 Å². The van der Waals surface area contributed by atoms with Gasteiger partial charge in [0, 0.05) is 12.0 Å². The number of nitrogens with one attached hydrogen (secondary N) is 1. The van der Waals surface area contributed by atoms with E-state index in [1.807, 2.05) is 6.07 Å². The lowest BCUT2D eigenvalue weighted by molar-refractivity contribution is -0.112. The van der Waals surface area contributed by atoms with Crippen LogP contribution in [0.3, 0.4) is 0 Å². The summed E-state index contributed by atoms with van der Waals surface area (Å²) in [4.78, 5) is 23.0. The topological polar surface area (TPSA) is 78.2 Å². The minimum atomic E-state index is -1.01. The van der Waals surface area contributed by atoms with Gasteiger partial charge in [-0.15, -0.1) is 0 Å². The molecule has 112 valence electrons. The highest BCUT2D eigenvalue weighted by molar-refractivity contribution is 6.45. The van der Waals surface area contributed by atoms with Crippen LogP contribution in [0.1, 0.15) is 72.9 Å². The summed E-state index contributed by atoms with van der Waals surface area (Å²) >= 11 is 0. The molecule has 1 aromatic carbocycles.